The van der Waals surface area contributed by atoms with E-state index in [0.717, 1.165) is 31.6 Å². The van der Waals surface area contributed by atoms with Crippen LogP contribution in [0.1, 0.15) is 31.4 Å². The maximum atomic E-state index is 6.11. The number of likely N-dealkylation sites (N-methyl/N-ethyl adjacent to an activating group) is 1. The van der Waals surface area contributed by atoms with E-state index in [0.29, 0.717) is 12.4 Å². The molecule has 5 nitrogen and oxygen atoms in total. The summed E-state index contributed by atoms with van der Waals surface area (Å²) < 4.78 is 11.6. The molecule has 1 aliphatic heterocycles. The maximum Gasteiger partial charge on any atom is 0.128 e. The molecule has 0 saturated carbocycles. The number of rotatable bonds is 5. The topological polar surface area (TPSA) is 69.4 Å². The van der Waals surface area contributed by atoms with Gasteiger partial charge in [0.2, 0.25) is 0 Å². The van der Waals surface area contributed by atoms with Gasteiger partial charge in [-0.25, -0.2) is 4.98 Å². The average molecular weight is 265 g/mol. The zero-order chi connectivity index (χ0) is 13.7. The molecule has 1 atom stereocenters. The quantitative estimate of drug-likeness (QED) is 0.844. The van der Waals surface area contributed by atoms with Crippen molar-refractivity contribution in [3.63, 3.8) is 0 Å². The maximum absolute atomic E-state index is 6.11. The van der Waals surface area contributed by atoms with Gasteiger partial charge in [-0.05, 0) is 20.0 Å². The van der Waals surface area contributed by atoms with Crippen LogP contribution in [0.4, 0.5) is 5.82 Å². The van der Waals surface area contributed by atoms with Crippen molar-refractivity contribution in [1.82, 2.24) is 10.3 Å². The van der Waals surface area contributed by atoms with Gasteiger partial charge in [0.25, 0.3) is 0 Å². The summed E-state index contributed by atoms with van der Waals surface area (Å²) in [4.78, 5) is 4.19. The molecule has 1 aliphatic rings. The third-order valence-electron chi connectivity index (χ3n) is 3.77. The number of hydrogen-bond donors (Lipinski definition) is 2. The normalized spacial score (nSPS) is 20.1. The van der Waals surface area contributed by atoms with E-state index in [1.807, 2.05) is 26.1 Å². The monoisotopic (exact) mass is 265 g/mol. The van der Waals surface area contributed by atoms with Gasteiger partial charge in [-0.1, -0.05) is 6.07 Å². The van der Waals surface area contributed by atoms with Crippen molar-refractivity contribution < 1.29 is 9.47 Å². The van der Waals surface area contributed by atoms with Crippen LogP contribution in [0.15, 0.2) is 18.3 Å². The van der Waals surface area contributed by atoms with E-state index >= 15 is 0 Å². The molecule has 1 aromatic heterocycles. The first-order valence-electron chi connectivity index (χ1n) is 6.83. The van der Waals surface area contributed by atoms with Crippen molar-refractivity contribution in [3.8, 4) is 0 Å². The molecule has 5 heteroatoms. The zero-order valence-corrected chi connectivity index (χ0v) is 11.7. The summed E-state index contributed by atoms with van der Waals surface area (Å²) in [7, 11) is 1.94. The average Bonchev–Trinajstić information content (AvgIpc) is 2.43. The Morgan fingerprint density at radius 3 is 2.84 bits per heavy atom. The van der Waals surface area contributed by atoms with Crippen LogP contribution in [0.3, 0.4) is 0 Å². The fraction of sp³-hybridized carbons (Fsp3) is 0.643. The van der Waals surface area contributed by atoms with E-state index in [4.69, 9.17) is 15.2 Å². The largest absolute Gasteiger partial charge is 0.383 e. The number of pyridine rings is 1. The Bertz CT molecular complexity index is 400. The second kappa shape index (κ2) is 6.32. The van der Waals surface area contributed by atoms with Crippen LogP contribution in [0.2, 0.25) is 0 Å². The lowest BCUT2D eigenvalue weighted by atomic mass is 9.82. The number of nitrogens with two attached hydrogens (primary N) is 1. The van der Waals surface area contributed by atoms with Gasteiger partial charge in [0.1, 0.15) is 5.82 Å². The molecular formula is C14H23N3O2. The van der Waals surface area contributed by atoms with Crippen molar-refractivity contribution in [2.24, 2.45) is 0 Å². The van der Waals surface area contributed by atoms with Gasteiger partial charge in [-0.3, -0.25) is 0 Å². The zero-order valence-electron chi connectivity index (χ0n) is 11.7. The molecule has 0 aliphatic carbocycles. The van der Waals surface area contributed by atoms with Crippen molar-refractivity contribution in [1.29, 1.82) is 0 Å². The number of nitrogens with one attached hydrogen (secondary N) is 1. The molecular weight excluding hydrogens is 242 g/mol. The minimum Gasteiger partial charge on any atom is -0.383 e. The van der Waals surface area contributed by atoms with Gasteiger partial charge in [-0.2, -0.15) is 0 Å². The minimum absolute atomic E-state index is 0.0325. The number of hydrogen-bond acceptors (Lipinski definition) is 5. The van der Waals surface area contributed by atoms with Gasteiger partial charge in [-0.15, -0.1) is 0 Å². The Balaban J connectivity index is 2.34. The van der Waals surface area contributed by atoms with Crippen molar-refractivity contribution >= 4 is 5.82 Å². The highest BCUT2D eigenvalue weighted by atomic mass is 16.5. The van der Waals surface area contributed by atoms with E-state index in [1.165, 1.54) is 0 Å². The Hall–Kier alpha value is -1.17. The lowest BCUT2D eigenvalue weighted by Crippen LogP contribution is -2.49. The first-order valence-corrected chi connectivity index (χ1v) is 6.83. The van der Waals surface area contributed by atoms with Gasteiger partial charge >= 0.3 is 0 Å². The van der Waals surface area contributed by atoms with Gasteiger partial charge in [0, 0.05) is 44.4 Å². The van der Waals surface area contributed by atoms with Crippen LogP contribution in [-0.2, 0) is 9.47 Å². The lowest BCUT2D eigenvalue weighted by Gasteiger charge is -2.43. The van der Waals surface area contributed by atoms with Crippen LogP contribution in [0.5, 0.6) is 0 Å². The third kappa shape index (κ3) is 2.88. The number of anilines is 1. The molecule has 0 amide bonds. The second-order valence-corrected chi connectivity index (χ2v) is 4.81. The third-order valence-corrected chi connectivity index (χ3v) is 3.77. The summed E-state index contributed by atoms with van der Waals surface area (Å²) in [6.07, 6.45) is 3.43. The molecule has 0 radical (unpaired) electrons. The fourth-order valence-electron chi connectivity index (χ4n) is 2.90. The molecule has 106 valence electrons. The van der Waals surface area contributed by atoms with Crippen LogP contribution in [-0.4, -0.2) is 37.5 Å². The first kappa shape index (κ1) is 14.2. The van der Waals surface area contributed by atoms with E-state index in [2.05, 4.69) is 10.3 Å². The molecule has 1 saturated heterocycles. The first-order chi connectivity index (χ1) is 9.23. The Kier molecular flexibility index (Phi) is 4.74. The molecule has 1 fully saturated rings. The Labute approximate surface area is 114 Å². The van der Waals surface area contributed by atoms with Gasteiger partial charge in [0.05, 0.1) is 11.6 Å². The highest BCUT2D eigenvalue weighted by molar-refractivity contribution is 5.42. The summed E-state index contributed by atoms with van der Waals surface area (Å²) in [5, 5.41) is 3.35. The number of ether oxygens (including phenoxy) is 2. The molecule has 19 heavy (non-hydrogen) atoms. The smallest absolute Gasteiger partial charge is 0.128 e. The van der Waals surface area contributed by atoms with Crippen LogP contribution in [0.25, 0.3) is 0 Å². The highest BCUT2D eigenvalue weighted by Crippen LogP contribution is 2.38. The van der Waals surface area contributed by atoms with E-state index in [-0.39, 0.29) is 11.6 Å². The Morgan fingerprint density at radius 1 is 1.53 bits per heavy atom. The van der Waals surface area contributed by atoms with Gasteiger partial charge in [0.15, 0.2) is 0 Å². The lowest BCUT2D eigenvalue weighted by molar-refractivity contribution is -0.126. The van der Waals surface area contributed by atoms with Crippen molar-refractivity contribution in [2.45, 2.75) is 31.4 Å². The second-order valence-electron chi connectivity index (χ2n) is 4.81. The summed E-state index contributed by atoms with van der Waals surface area (Å²) in [6.45, 7) is 4.14. The number of aromatic nitrogens is 1. The molecule has 0 aromatic carbocycles. The summed E-state index contributed by atoms with van der Waals surface area (Å²) in [5.41, 5.74) is 6.76. The molecule has 1 aromatic rings. The summed E-state index contributed by atoms with van der Waals surface area (Å²) in [5.74, 6) is 0.562. The molecule has 2 heterocycles. The number of nitrogens with zero attached hydrogens (tertiary/aromatic N) is 1. The van der Waals surface area contributed by atoms with Crippen LogP contribution >= 0.6 is 0 Å². The van der Waals surface area contributed by atoms with Crippen LogP contribution in [0, 0.1) is 0 Å². The predicted octanol–water partition coefficient (Wildman–Crippen LogP) is 1.51. The molecule has 2 rings (SSSR count). The Morgan fingerprint density at radius 2 is 2.26 bits per heavy atom. The minimum atomic E-state index is -0.265. The predicted molar refractivity (Wildman–Crippen MR) is 74.9 cm³/mol. The van der Waals surface area contributed by atoms with Crippen molar-refractivity contribution in [3.05, 3.63) is 23.9 Å². The molecule has 3 N–H and O–H groups in total. The molecule has 0 spiro atoms. The standard InChI is InChI=1S/C14H23N3O2/c1-3-19-14(6-9-18-10-7-14)12(16-2)11-5-4-8-17-13(11)15/h4-5,8,12,16H,3,6-7,9-10H2,1-2H3,(H2,15,17). The SMILES string of the molecule is CCOC1(C(NC)c2cccnc2N)CCOCC1. The van der Waals surface area contributed by atoms with E-state index in [9.17, 15) is 0 Å². The highest BCUT2D eigenvalue weighted by Gasteiger charge is 2.42. The summed E-state index contributed by atoms with van der Waals surface area (Å²) >= 11 is 0. The van der Waals surface area contributed by atoms with Crippen molar-refractivity contribution in [2.75, 3.05) is 32.6 Å². The fourth-order valence-corrected chi connectivity index (χ4v) is 2.90. The molecule has 0 bridgehead atoms. The van der Waals surface area contributed by atoms with Crippen LogP contribution < -0.4 is 11.1 Å². The van der Waals surface area contributed by atoms with Gasteiger partial charge < -0.3 is 20.5 Å². The van der Waals surface area contributed by atoms with E-state index < -0.39 is 0 Å². The van der Waals surface area contributed by atoms with E-state index in [1.54, 1.807) is 6.20 Å². The summed E-state index contributed by atoms with van der Waals surface area (Å²) in [6, 6.07) is 3.96. The number of nitrogen functional groups attached to an aromatic ring is 1. The molecule has 1 unspecified atom stereocenters.